The third-order valence-corrected chi connectivity index (χ3v) is 3.92. The molecule has 0 aliphatic heterocycles. The van der Waals surface area contributed by atoms with Crippen LogP contribution < -0.4 is 4.90 Å². The molecule has 0 N–H and O–H groups in total. The highest BCUT2D eigenvalue weighted by molar-refractivity contribution is 5.91. The van der Waals surface area contributed by atoms with Crippen LogP contribution in [0.25, 0.3) is 22.3 Å². The van der Waals surface area contributed by atoms with Crippen LogP contribution in [-0.4, -0.2) is 23.1 Å². The second kappa shape index (κ2) is 6.14. The molecule has 0 bridgehead atoms. The van der Waals surface area contributed by atoms with Crippen LogP contribution in [0.4, 0.5) is 5.82 Å². The molecule has 1 aromatic heterocycles. The molecule has 0 aliphatic rings. The fraction of sp³-hybridized carbons (Fsp3) is 0.263. The van der Waals surface area contributed by atoms with Gasteiger partial charge >= 0.3 is 0 Å². The molecular weight excluding hydrogens is 270 g/mol. The van der Waals surface area contributed by atoms with Gasteiger partial charge in [-0.05, 0) is 39.0 Å². The van der Waals surface area contributed by atoms with Crippen molar-refractivity contribution in [2.75, 3.05) is 18.0 Å². The first-order valence-corrected chi connectivity index (χ1v) is 7.81. The Kier molecular flexibility index (Phi) is 4.05. The first kappa shape index (κ1) is 14.5. The molecule has 3 aromatic rings. The number of benzene rings is 2. The molecule has 112 valence electrons. The number of para-hydroxylation sites is 1. The Hall–Kier alpha value is -2.42. The third-order valence-electron chi connectivity index (χ3n) is 3.92. The van der Waals surface area contributed by atoms with Gasteiger partial charge in [-0.1, -0.05) is 35.9 Å². The van der Waals surface area contributed by atoms with Crippen molar-refractivity contribution in [3.05, 3.63) is 54.1 Å². The molecule has 2 aromatic carbocycles. The predicted molar refractivity (Wildman–Crippen MR) is 93.3 cm³/mol. The first-order valence-electron chi connectivity index (χ1n) is 7.81. The molecule has 0 aliphatic carbocycles. The van der Waals surface area contributed by atoms with Crippen molar-refractivity contribution >= 4 is 16.7 Å². The summed E-state index contributed by atoms with van der Waals surface area (Å²) in [6.07, 6.45) is 0. The highest BCUT2D eigenvalue weighted by atomic mass is 15.2. The van der Waals surface area contributed by atoms with Gasteiger partial charge in [0.2, 0.25) is 0 Å². The van der Waals surface area contributed by atoms with Crippen LogP contribution in [0.5, 0.6) is 0 Å². The molecule has 0 radical (unpaired) electrons. The Bertz CT molecular complexity index is 792. The van der Waals surface area contributed by atoms with Crippen LogP contribution in [-0.2, 0) is 0 Å². The second-order valence-corrected chi connectivity index (χ2v) is 5.43. The maximum atomic E-state index is 4.87. The zero-order valence-corrected chi connectivity index (χ0v) is 13.4. The quantitative estimate of drug-likeness (QED) is 0.711. The number of aromatic nitrogens is 2. The van der Waals surface area contributed by atoms with Crippen molar-refractivity contribution in [3.63, 3.8) is 0 Å². The molecule has 0 amide bonds. The van der Waals surface area contributed by atoms with Gasteiger partial charge < -0.3 is 4.90 Å². The Balaban J connectivity index is 2.24. The number of hydrogen-bond acceptors (Lipinski definition) is 3. The summed E-state index contributed by atoms with van der Waals surface area (Å²) in [7, 11) is 0. The van der Waals surface area contributed by atoms with Crippen LogP contribution in [0.2, 0.25) is 0 Å². The van der Waals surface area contributed by atoms with Crippen LogP contribution in [0.15, 0.2) is 48.5 Å². The van der Waals surface area contributed by atoms with Gasteiger partial charge in [0, 0.05) is 24.0 Å². The van der Waals surface area contributed by atoms with E-state index in [1.807, 2.05) is 12.1 Å². The lowest BCUT2D eigenvalue weighted by molar-refractivity contribution is 0.850. The molecule has 0 saturated heterocycles. The van der Waals surface area contributed by atoms with E-state index < -0.39 is 0 Å². The van der Waals surface area contributed by atoms with Crippen molar-refractivity contribution in [3.8, 4) is 11.4 Å². The molecule has 0 saturated carbocycles. The summed E-state index contributed by atoms with van der Waals surface area (Å²) in [5.41, 5.74) is 3.29. The van der Waals surface area contributed by atoms with E-state index in [0.717, 1.165) is 41.2 Å². The molecule has 0 fully saturated rings. The number of hydrogen-bond donors (Lipinski definition) is 0. The van der Waals surface area contributed by atoms with Crippen molar-refractivity contribution in [1.29, 1.82) is 0 Å². The minimum atomic E-state index is 0.796. The van der Waals surface area contributed by atoms with Crippen LogP contribution in [0.3, 0.4) is 0 Å². The number of anilines is 1. The SMILES string of the molecule is CCN(CC)c1nc(-c2cccc(C)c2)nc2ccccc12. The van der Waals surface area contributed by atoms with Gasteiger partial charge in [-0.3, -0.25) is 0 Å². The van der Waals surface area contributed by atoms with Crippen molar-refractivity contribution in [2.45, 2.75) is 20.8 Å². The normalized spacial score (nSPS) is 10.9. The van der Waals surface area contributed by atoms with Gasteiger partial charge in [0.1, 0.15) is 5.82 Å². The molecule has 3 nitrogen and oxygen atoms in total. The molecule has 3 rings (SSSR count). The smallest absolute Gasteiger partial charge is 0.162 e. The topological polar surface area (TPSA) is 29.0 Å². The van der Waals surface area contributed by atoms with Gasteiger partial charge in [0.25, 0.3) is 0 Å². The molecular formula is C19H21N3. The molecule has 1 heterocycles. The van der Waals surface area contributed by atoms with Gasteiger partial charge in [0.05, 0.1) is 5.52 Å². The first-order chi connectivity index (χ1) is 10.7. The van der Waals surface area contributed by atoms with E-state index in [2.05, 4.69) is 62.1 Å². The monoisotopic (exact) mass is 291 g/mol. The second-order valence-electron chi connectivity index (χ2n) is 5.43. The summed E-state index contributed by atoms with van der Waals surface area (Å²) in [5, 5.41) is 1.11. The van der Waals surface area contributed by atoms with Crippen LogP contribution in [0, 0.1) is 6.92 Å². The molecule has 3 heteroatoms. The lowest BCUT2D eigenvalue weighted by Crippen LogP contribution is -2.23. The van der Waals surface area contributed by atoms with E-state index in [1.54, 1.807) is 0 Å². The highest BCUT2D eigenvalue weighted by Gasteiger charge is 2.13. The zero-order valence-electron chi connectivity index (χ0n) is 13.4. The maximum Gasteiger partial charge on any atom is 0.162 e. The number of fused-ring (bicyclic) bond motifs is 1. The Morgan fingerprint density at radius 2 is 1.68 bits per heavy atom. The molecule has 0 atom stereocenters. The van der Waals surface area contributed by atoms with Crippen molar-refractivity contribution in [1.82, 2.24) is 9.97 Å². The van der Waals surface area contributed by atoms with E-state index in [4.69, 9.17) is 9.97 Å². The van der Waals surface area contributed by atoms with Crippen molar-refractivity contribution < 1.29 is 0 Å². The number of nitrogens with zero attached hydrogens (tertiary/aromatic N) is 3. The van der Waals surface area contributed by atoms with E-state index >= 15 is 0 Å². The fourth-order valence-corrected chi connectivity index (χ4v) is 2.74. The average Bonchev–Trinajstić information content (AvgIpc) is 2.55. The van der Waals surface area contributed by atoms with Crippen molar-refractivity contribution in [2.24, 2.45) is 0 Å². The van der Waals surface area contributed by atoms with Gasteiger partial charge in [0.15, 0.2) is 5.82 Å². The highest BCUT2D eigenvalue weighted by Crippen LogP contribution is 2.27. The summed E-state index contributed by atoms with van der Waals surface area (Å²) >= 11 is 0. The summed E-state index contributed by atoms with van der Waals surface area (Å²) in [6, 6.07) is 16.6. The Morgan fingerprint density at radius 1 is 0.909 bits per heavy atom. The lowest BCUT2D eigenvalue weighted by atomic mass is 10.1. The Morgan fingerprint density at radius 3 is 2.41 bits per heavy atom. The van der Waals surface area contributed by atoms with Gasteiger partial charge in [-0.15, -0.1) is 0 Å². The molecule has 0 unspecified atom stereocenters. The number of aryl methyl sites for hydroxylation is 1. The van der Waals surface area contributed by atoms with Gasteiger partial charge in [-0.25, -0.2) is 9.97 Å². The standard InChI is InChI=1S/C19H21N3/c1-4-22(5-2)19-16-11-6-7-12-17(16)20-18(21-19)15-10-8-9-14(3)13-15/h6-13H,4-5H2,1-3H3. The number of rotatable bonds is 4. The van der Waals surface area contributed by atoms with E-state index in [1.165, 1.54) is 5.56 Å². The Labute approximate surface area is 131 Å². The lowest BCUT2D eigenvalue weighted by Gasteiger charge is -2.22. The minimum Gasteiger partial charge on any atom is -0.357 e. The average molecular weight is 291 g/mol. The molecule has 22 heavy (non-hydrogen) atoms. The molecule has 0 spiro atoms. The summed E-state index contributed by atoms with van der Waals surface area (Å²) in [5.74, 6) is 1.82. The fourth-order valence-electron chi connectivity index (χ4n) is 2.74. The third kappa shape index (κ3) is 2.67. The van der Waals surface area contributed by atoms with Crippen LogP contribution >= 0.6 is 0 Å². The van der Waals surface area contributed by atoms with Gasteiger partial charge in [-0.2, -0.15) is 0 Å². The zero-order chi connectivity index (χ0) is 15.5. The van der Waals surface area contributed by atoms with E-state index in [9.17, 15) is 0 Å². The maximum absolute atomic E-state index is 4.87. The minimum absolute atomic E-state index is 0.796. The summed E-state index contributed by atoms with van der Waals surface area (Å²) in [6.45, 7) is 8.28. The summed E-state index contributed by atoms with van der Waals surface area (Å²) < 4.78 is 0. The predicted octanol–water partition coefficient (Wildman–Crippen LogP) is 4.45. The van der Waals surface area contributed by atoms with E-state index in [0.29, 0.717) is 0 Å². The summed E-state index contributed by atoms with van der Waals surface area (Å²) in [4.78, 5) is 11.9. The largest absolute Gasteiger partial charge is 0.357 e. The van der Waals surface area contributed by atoms with Crippen LogP contribution in [0.1, 0.15) is 19.4 Å². The van der Waals surface area contributed by atoms with E-state index in [-0.39, 0.29) is 0 Å².